The molecule has 0 aromatic heterocycles. The van der Waals surface area contributed by atoms with Crippen molar-refractivity contribution in [2.75, 3.05) is 6.54 Å². The van der Waals surface area contributed by atoms with E-state index in [0.29, 0.717) is 24.7 Å². The SMILES string of the molecule is C[C@H](O)CNCc1ccc(OCc2ccc(F)cc2Cl)cc1. The lowest BCUT2D eigenvalue weighted by Gasteiger charge is -2.10. The number of hydrogen-bond acceptors (Lipinski definition) is 3. The number of halogens is 2. The van der Waals surface area contributed by atoms with Gasteiger partial charge in [0.2, 0.25) is 0 Å². The predicted octanol–water partition coefficient (Wildman–Crippen LogP) is 3.53. The fraction of sp³-hybridized carbons (Fsp3) is 0.294. The number of ether oxygens (including phenoxy) is 1. The van der Waals surface area contributed by atoms with Gasteiger partial charge >= 0.3 is 0 Å². The molecule has 1 atom stereocenters. The summed E-state index contributed by atoms with van der Waals surface area (Å²) in [6, 6.07) is 11.9. The highest BCUT2D eigenvalue weighted by molar-refractivity contribution is 6.31. The molecule has 0 unspecified atom stereocenters. The number of hydrogen-bond donors (Lipinski definition) is 2. The first-order valence-electron chi connectivity index (χ1n) is 7.09. The van der Waals surface area contributed by atoms with Gasteiger partial charge in [0.15, 0.2) is 0 Å². The van der Waals surface area contributed by atoms with Crippen LogP contribution >= 0.6 is 11.6 Å². The molecule has 0 saturated heterocycles. The molecular weight excluding hydrogens is 305 g/mol. The van der Waals surface area contributed by atoms with Crippen LogP contribution < -0.4 is 10.1 Å². The van der Waals surface area contributed by atoms with E-state index in [2.05, 4.69) is 5.32 Å². The second-order valence-electron chi connectivity index (χ2n) is 5.15. The molecule has 2 N–H and O–H groups in total. The van der Waals surface area contributed by atoms with Crippen LogP contribution in [0.2, 0.25) is 5.02 Å². The van der Waals surface area contributed by atoms with Gasteiger partial charge in [-0.2, -0.15) is 0 Å². The number of rotatable bonds is 7. The Kier molecular flexibility index (Phi) is 6.19. The molecule has 3 nitrogen and oxygen atoms in total. The minimum Gasteiger partial charge on any atom is -0.489 e. The molecule has 2 aromatic carbocycles. The molecule has 0 fully saturated rings. The van der Waals surface area contributed by atoms with Crippen LogP contribution in [0.15, 0.2) is 42.5 Å². The lowest BCUT2D eigenvalue weighted by atomic mass is 10.2. The van der Waals surface area contributed by atoms with E-state index < -0.39 is 0 Å². The summed E-state index contributed by atoms with van der Waals surface area (Å²) < 4.78 is 18.6. The molecule has 0 amide bonds. The minimum absolute atomic E-state index is 0.290. The summed E-state index contributed by atoms with van der Waals surface area (Å²) in [7, 11) is 0. The Morgan fingerprint density at radius 3 is 2.59 bits per heavy atom. The Morgan fingerprint density at radius 2 is 1.95 bits per heavy atom. The Balaban J connectivity index is 1.86. The second kappa shape index (κ2) is 8.13. The summed E-state index contributed by atoms with van der Waals surface area (Å²) in [4.78, 5) is 0. The van der Waals surface area contributed by atoms with Gasteiger partial charge in [-0.25, -0.2) is 4.39 Å². The molecule has 0 aliphatic heterocycles. The van der Waals surface area contributed by atoms with E-state index in [0.717, 1.165) is 16.9 Å². The Bertz CT molecular complexity index is 602. The van der Waals surface area contributed by atoms with Crippen molar-refractivity contribution in [2.24, 2.45) is 0 Å². The molecule has 0 spiro atoms. The maximum atomic E-state index is 13.0. The molecule has 0 bridgehead atoms. The molecule has 2 rings (SSSR count). The van der Waals surface area contributed by atoms with Crippen LogP contribution in [0.4, 0.5) is 4.39 Å². The normalized spacial score (nSPS) is 12.2. The van der Waals surface area contributed by atoms with Gasteiger partial charge in [0, 0.05) is 18.7 Å². The smallest absolute Gasteiger partial charge is 0.124 e. The zero-order valence-corrected chi connectivity index (χ0v) is 13.1. The zero-order valence-electron chi connectivity index (χ0n) is 12.4. The van der Waals surface area contributed by atoms with E-state index in [1.807, 2.05) is 24.3 Å². The van der Waals surface area contributed by atoms with E-state index in [4.69, 9.17) is 16.3 Å². The van der Waals surface area contributed by atoms with Crippen LogP contribution in [0.1, 0.15) is 18.1 Å². The quantitative estimate of drug-likeness (QED) is 0.819. The second-order valence-corrected chi connectivity index (χ2v) is 5.56. The lowest BCUT2D eigenvalue weighted by Crippen LogP contribution is -2.23. The molecule has 0 heterocycles. The van der Waals surface area contributed by atoms with Crippen LogP contribution in [-0.4, -0.2) is 17.8 Å². The van der Waals surface area contributed by atoms with Crippen LogP contribution in [0.25, 0.3) is 0 Å². The molecule has 0 aliphatic rings. The van der Waals surface area contributed by atoms with Gasteiger partial charge in [0.1, 0.15) is 18.2 Å². The predicted molar refractivity (Wildman–Crippen MR) is 85.6 cm³/mol. The average Bonchev–Trinajstić information content (AvgIpc) is 2.47. The van der Waals surface area contributed by atoms with Crippen LogP contribution in [0, 0.1) is 5.82 Å². The molecule has 0 radical (unpaired) electrons. The summed E-state index contributed by atoms with van der Waals surface area (Å²) in [5.74, 6) is 0.363. The summed E-state index contributed by atoms with van der Waals surface area (Å²) in [5.41, 5.74) is 1.85. The van der Waals surface area contributed by atoms with E-state index in [1.165, 1.54) is 12.1 Å². The highest BCUT2D eigenvalue weighted by atomic mass is 35.5. The molecular formula is C17H19ClFNO2. The summed E-state index contributed by atoms with van der Waals surface area (Å²) in [6.45, 7) is 3.28. The molecule has 118 valence electrons. The maximum Gasteiger partial charge on any atom is 0.124 e. The number of aliphatic hydroxyl groups excluding tert-OH is 1. The van der Waals surface area contributed by atoms with E-state index in [-0.39, 0.29) is 11.9 Å². The average molecular weight is 324 g/mol. The number of aliphatic hydroxyl groups is 1. The van der Waals surface area contributed by atoms with Gasteiger partial charge in [0.05, 0.1) is 11.1 Å². The Hall–Kier alpha value is -1.62. The van der Waals surface area contributed by atoms with E-state index in [1.54, 1.807) is 13.0 Å². The highest BCUT2D eigenvalue weighted by Crippen LogP contribution is 2.20. The van der Waals surface area contributed by atoms with Crippen molar-refractivity contribution in [2.45, 2.75) is 26.2 Å². The Labute approximate surface area is 134 Å². The van der Waals surface area contributed by atoms with Crippen molar-refractivity contribution in [1.82, 2.24) is 5.32 Å². The van der Waals surface area contributed by atoms with Gasteiger partial charge in [-0.1, -0.05) is 29.8 Å². The first-order valence-corrected chi connectivity index (χ1v) is 7.47. The van der Waals surface area contributed by atoms with Gasteiger partial charge in [-0.15, -0.1) is 0 Å². The number of benzene rings is 2. The third kappa shape index (κ3) is 5.30. The van der Waals surface area contributed by atoms with Crippen molar-refractivity contribution in [3.8, 4) is 5.75 Å². The number of nitrogens with one attached hydrogen (secondary N) is 1. The van der Waals surface area contributed by atoms with Crippen molar-refractivity contribution in [1.29, 1.82) is 0 Å². The van der Waals surface area contributed by atoms with Gasteiger partial charge in [-0.3, -0.25) is 0 Å². The molecule has 0 saturated carbocycles. The first-order chi connectivity index (χ1) is 10.5. The van der Waals surface area contributed by atoms with E-state index >= 15 is 0 Å². The van der Waals surface area contributed by atoms with Gasteiger partial charge in [0.25, 0.3) is 0 Å². The highest BCUT2D eigenvalue weighted by Gasteiger charge is 2.03. The van der Waals surface area contributed by atoms with Crippen molar-refractivity contribution in [3.05, 3.63) is 64.4 Å². The van der Waals surface area contributed by atoms with Crippen LogP contribution in [0.5, 0.6) is 5.75 Å². The third-order valence-electron chi connectivity index (χ3n) is 3.10. The fourth-order valence-corrected chi connectivity index (χ4v) is 2.15. The minimum atomic E-state index is -0.359. The molecule has 22 heavy (non-hydrogen) atoms. The molecule has 2 aromatic rings. The van der Waals surface area contributed by atoms with E-state index in [9.17, 15) is 9.50 Å². The van der Waals surface area contributed by atoms with Gasteiger partial charge < -0.3 is 15.2 Å². The van der Waals surface area contributed by atoms with Crippen molar-refractivity contribution < 1.29 is 14.2 Å². The fourth-order valence-electron chi connectivity index (χ4n) is 1.93. The van der Waals surface area contributed by atoms with Crippen LogP contribution in [0.3, 0.4) is 0 Å². The molecule has 5 heteroatoms. The standard InChI is InChI=1S/C17H19ClFNO2/c1-12(21)9-20-10-13-2-6-16(7-3-13)22-11-14-4-5-15(19)8-17(14)18/h2-8,12,20-21H,9-11H2,1H3/t12-/m0/s1. The summed E-state index contributed by atoms with van der Waals surface area (Å²) >= 11 is 5.95. The monoisotopic (exact) mass is 323 g/mol. The maximum absolute atomic E-state index is 13.0. The summed E-state index contributed by atoms with van der Waals surface area (Å²) in [5, 5.41) is 12.7. The van der Waals surface area contributed by atoms with Crippen LogP contribution in [-0.2, 0) is 13.2 Å². The topological polar surface area (TPSA) is 41.5 Å². The molecule has 0 aliphatic carbocycles. The lowest BCUT2D eigenvalue weighted by molar-refractivity contribution is 0.191. The van der Waals surface area contributed by atoms with Crippen molar-refractivity contribution >= 4 is 11.6 Å². The largest absolute Gasteiger partial charge is 0.489 e. The summed E-state index contributed by atoms with van der Waals surface area (Å²) in [6.07, 6.45) is -0.358. The van der Waals surface area contributed by atoms with Crippen molar-refractivity contribution in [3.63, 3.8) is 0 Å². The Morgan fingerprint density at radius 1 is 1.23 bits per heavy atom. The zero-order chi connectivity index (χ0) is 15.9. The first kappa shape index (κ1) is 16.7. The third-order valence-corrected chi connectivity index (χ3v) is 3.45. The van der Waals surface area contributed by atoms with Gasteiger partial charge in [-0.05, 0) is 36.8 Å².